The second-order valence-electron chi connectivity index (χ2n) is 4.25. The Hall–Kier alpha value is -1.50. The molecule has 6 heteroatoms. The van der Waals surface area contributed by atoms with Crippen LogP contribution in [0.3, 0.4) is 0 Å². The van der Waals surface area contributed by atoms with E-state index in [1.165, 1.54) is 0 Å². The van der Waals surface area contributed by atoms with Crippen molar-refractivity contribution in [3.8, 4) is 11.4 Å². The number of nitrogens with zero attached hydrogens (tertiary/aromatic N) is 2. The van der Waals surface area contributed by atoms with E-state index in [1.54, 1.807) is 0 Å². The van der Waals surface area contributed by atoms with E-state index in [9.17, 15) is 0 Å². The molecule has 1 aromatic carbocycles. The average Bonchev–Trinajstić information content (AvgIpc) is 2.46. The van der Waals surface area contributed by atoms with Crippen LogP contribution in [0.2, 0.25) is 0 Å². The number of aromatic nitrogens is 2. The van der Waals surface area contributed by atoms with Gasteiger partial charge in [-0.25, -0.2) is 15.8 Å². The number of hydrogen-bond acceptors (Lipinski definition) is 5. The zero-order valence-electron chi connectivity index (χ0n) is 10.2. The Balaban J connectivity index is 2.15. The molecule has 0 bridgehead atoms. The maximum Gasteiger partial charge on any atom is 0.162 e. The van der Waals surface area contributed by atoms with Crippen molar-refractivity contribution < 1.29 is 4.74 Å². The van der Waals surface area contributed by atoms with Crippen LogP contribution in [0, 0.1) is 0 Å². The van der Waals surface area contributed by atoms with Gasteiger partial charge in [-0.3, -0.25) is 0 Å². The smallest absolute Gasteiger partial charge is 0.162 e. The third-order valence-corrected chi connectivity index (χ3v) is 3.77. The van der Waals surface area contributed by atoms with Crippen LogP contribution in [0.5, 0.6) is 0 Å². The SMILES string of the molecule is NNc1nc(-c2ccccc2Br)nc2c1COCC2. The number of hydrazine groups is 1. The Morgan fingerprint density at radius 1 is 1.26 bits per heavy atom. The second-order valence-corrected chi connectivity index (χ2v) is 5.10. The molecule has 0 aliphatic carbocycles. The summed E-state index contributed by atoms with van der Waals surface area (Å²) in [4.78, 5) is 9.11. The monoisotopic (exact) mass is 320 g/mol. The second kappa shape index (κ2) is 5.24. The first-order chi connectivity index (χ1) is 9.29. The lowest BCUT2D eigenvalue weighted by Crippen LogP contribution is -2.19. The van der Waals surface area contributed by atoms with Crippen LogP contribution in [-0.4, -0.2) is 16.6 Å². The lowest BCUT2D eigenvalue weighted by Gasteiger charge is -2.19. The van der Waals surface area contributed by atoms with E-state index in [-0.39, 0.29) is 0 Å². The molecule has 1 aromatic heterocycles. The van der Waals surface area contributed by atoms with Gasteiger partial charge in [-0.2, -0.15) is 0 Å². The summed E-state index contributed by atoms with van der Waals surface area (Å²) in [6.07, 6.45) is 0.782. The fourth-order valence-electron chi connectivity index (χ4n) is 2.11. The molecule has 3 rings (SSSR count). The van der Waals surface area contributed by atoms with Gasteiger partial charge < -0.3 is 10.2 Å². The van der Waals surface area contributed by atoms with Crippen molar-refractivity contribution in [2.24, 2.45) is 5.84 Å². The number of rotatable bonds is 2. The Morgan fingerprint density at radius 2 is 2.11 bits per heavy atom. The molecule has 3 N–H and O–H groups in total. The van der Waals surface area contributed by atoms with Gasteiger partial charge in [0.05, 0.1) is 18.9 Å². The summed E-state index contributed by atoms with van der Waals surface area (Å²) in [7, 11) is 0. The van der Waals surface area contributed by atoms with Gasteiger partial charge in [0, 0.05) is 22.0 Å². The van der Waals surface area contributed by atoms with Gasteiger partial charge in [0.1, 0.15) is 5.82 Å². The van der Waals surface area contributed by atoms with Crippen molar-refractivity contribution in [2.75, 3.05) is 12.0 Å². The maximum atomic E-state index is 5.55. The standard InChI is InChI=1S/C13H13BrN4O/c14-10-4-2-1-3-8(10)12-16-11-5-6-19-7-9(11)13(17-12)18-15/h1-4H,5-7,15H2,(H,16,17,18). The van der Waals surface area contributed by atoms with Crippen molar-refractivity contribution in [3.05, 3.63) is 40.0 Å². The molecule has 0 radical (unpaired) electrons. The van der Waals surface area contributed by atoms with Crippen LogP contribution in [-0.2, 0) is 17.8 Å². The molecule has 0 saturated carbocycles. The predicted octanol–water partition coefficient (Wildman–Crippen LogP) is 2.26. The van der Waals surface area contributed by atoms with Crippen LogP contribution >= 0.6 is 15.9 Å². The number of halogens is 1. The molecule has 98 valence electrons. The van der Waals surface area contributed by atoms with Gasteiger partial charge in [-0.1, -0.05) is 34.1 Å². The minimum Gasteiger partial charge on any atom is -0.376 e. The molecule has 0 unspecified atom stereocenters. The molecule has 0 fully saturated rings. The van der Waals surface area contributed by atoms with Gasteiger partial charge in [-0.05, 0) is 6.07 Å². The van der Waals surface area contributed by atoms with Crippen LogP contribution in [0.25, 0.3) is 11.4 Å². The number of nitrogens with two attached hydrogens (primary N) is 1. The zero-order valence-corrected chi connectivity index (χ0v) is 11.8. The van der Waals surface area contributed by atoms with Crippen LogP contribution < -0.4 is 11.3 Å². The summed E-state index contributed by atoms with van der Waals surface area (Å²) >= 11 is 3.52. The highest BCUT2D eigenvalue weighted by Gasteiger charge is 2.19. The van der Waals surface area contributed by atoms with Crippen LogP contribution in [0.4, 0.5) is 5.82 Å². The Bertz CT molecular complexity index is 600. The Kier molecular flexibility index (Phi) is 3.46. The first kappa shape index (κ1) is 12.5. The number of nitrogen functional groups attached to an aromatic ring is 1. The summed E-state index contributed by atoms with van der Waals surface area (Å²) in [6.45, 7) is 1.19. The normalized spacial score (nSPS) is 14.0. The highest BCUT2D eigenvalue weighted by molar-refractivity contribution is 9.10. The van der Waals surface area contributed by atoms with Crippen molar-refractivity contribution in [3.63, 3.8) is 0 Å². The predicted molar refractivity (Wildman–Crippen MR) is 76.3 cm³/mol. The van der Waals surface area contributed by atoms with Gasteiger partial charge in [0.2, 0.25) is 0 Å². The van der Waals surface area contributed by atoms with Gasteiger partial charge in [0.25, 0.3) is 0 Å². The number of benzene rings is 1. The first-order valence-electron chi connectivity index (χ1n) is 5.98. The molecule has 19 heavy (non-hydrogen) atoms. The fourth-order valence-corrected chi connectivity index (χ4v) is 2.58. The van der Waals surface area contributed by atoms with E-state index < -0.39 is 0 Å². The molecule has 1 aliphatic heterocycles. The van der Waals surface area contributed by atoms with E-state index >= 15 is 0 Å². The Labute approximate surface area is 119 Å². The minimum atomic E-state index is 0.505. The lowest BCUT2D eigenvalue weighted by molar-refractivity contribution is 0.109. The first-order valence-corrected chi connectivity index (χ1v) is 6.78. The molecular formula is C13H13BrN4O. The molecule has 2 aromatic rings. The summed E-state index contributed by atoms with van der Waals surface area (Å²) in [5.41, 5.74) is 5.54. The topological polar surface area (TPSA) is 73.1 Å². The van der Waals surface area contributed by atoms with E-state index in [4.69, 9.17) is 10.6 Å². The summed E-state index contributed by atoms with van der Waals surface area (Å²) < 4.78 is 6.39. The van der Waals surface area contributed by atoms with Gasteiger partial charge in [0.15, 0.2) is 5.82 Å². The highest BCUT2D eigenvalue weighted by Crippen LogP contribution is 2.29. The minimum absolute atomic E-state index is 0.505. The van der Waals surface area contributed by atoms with Crippen LogP contribution in [0.15, 0.2) is 28.7 Å². The third kappa shape index (κ3) is 2.34. The van der Waals surface area contributed by atoms with Crippen molar-refractivity contribution >= 4 is 21.7 Å². The zero-order chi connectivity index (χ0) is 13.2. The molecule has 0 amide bonds. The van der Waals surface area contributed by atoms with E-state index in [1.807, 2.05) is 24.3 Å². The number of anilines is 1. The molecule has 1 aliphatic rings. The molecule has 5 nitrogen and oxygen atoms in total. The molecule has 0 atom stereocenters. The third-order valence-electron chi connectivity index (χ3n) is 3.07. The van der Waals surface area contributed by atoms with Crippen LogP contribution in [0.1, 0.15) is 11.3 Å². The van der Waals surface area contributed by atoms with Gasteiger partial charge >= 0.3 is 0 Å². The number of fused-ring (bicyclic) bond motifs is 1. The maximum absolute atomic E-state index is 5.55. The summed E-state index contributed by atoms with van der Waals surface area (Å²) in [5.74, 6) is 6.85. The molecule has 0 spiro atoms. The quantitative estimate of drug-likeness (QED) is 0.656. The fraction of sp³-hybridized carbons (Fsp3) is 0.231. The summed E-state index contributed by atoms with van der Waals surface area (Å²) in [5, 5.41) is 0. The molecule has 2 heterocycles. The van der Waals surface area contributed by atoms with Crippen molar-refractivity contribution in [1.29, 1.82) is 0 Å². The average molecular weight is 321 g/mol. The number of ether oxygens (including phenoxy) is 1. The van der Waals surface area contributed by atoms with Crippen molar-refractivity contribution in [1.82, 2.24) is 9.97 Å². The molecular weight excluding hydrogens is 308 g/mol. The van der Waals surface area contributed by atoms with E-state index in [0.717, 1.165) is 27.7 Å². The number of hydrogen-bond donors (Lipinski definition) is 2. The molecule has 0 saturated heterocycles. The largest absolute Gasteiger partial charge is 0.376 e. The lowest BCUT2D eigenvalue weighted by atomic mass is 10.1. The van der Waals surface area contributed by atoms with E-state index in [2.05, 4.69) is 31.3 Å². The highest BCUT2D eigenvalue weighted by atomic mass is 79.9. The van der Waals surface area contributed by atoms with Crippen molar-refractivity contribution in [2.45, 2.75) is 13.0 Å². The Morgan fingerprint density at radius 3 is 2.89 bits per heavy atom. The summed E-state index contributed by atoms with van der Waals surface area (Å²) in [6, 6.07) is 7.87. The van der Waals surface area contributed by atoms with E-state index in [0.29, 0.717) is 24.9 Å². The number of nitrogens with one attached hydrogen (secondary N) is 1. The van der Waals surface area contributed by atoms with Gasteiger partial charge in [-0.15, -0.1) is 0 Å².